The SMILES string of the molecule is O=C1C2=C(C(=O)c3ccccc31)C(c1ccc([N+](=O)[O-])cc1)c1cc3c(cc1O2)OCO3. The molecule has 8 nitrogen and oxygen atoms in total. The van der Waals surface area contributed by atoms with E-state index in [0.29, 0.717) is 33.9 Å². The molecule has 0 saturated carbocycles. The van der Waals surface area contributed by atoms with Crippen LogP contribution in [0.15, 0.2) is 72.0 Å². The molecule has 8 heteroatoms. The Morgan fingerprint density at radius 3 is 2.19 bits per heavy atom. The topological polar surface area (TPSA) is 105 Å². The zero-order chi connectivity index (χ0) is 22.0. The minimum Gasteiger partial charge on any atom is -0.454 e. The number of benzene rings is 3. The average molecular weight is 427 g/mol. The second-order valence-electron chi connectivity index (χ2n) is 7.57. The van der Waals surface area contributed by atoms with Crippen LogP contribution in [0.3, 0.4) is 0 Å². The van der Waals surface area contributed by atoms with E-state index >= 15 is 0 Å². The van der Waals surface area contributed by atoms with E-state index in [-0.39, 0.29) is 40.9 Å². The molecule has 2 heterocycles. The van der Waals surface area contributed by atoms with Gasteiger partial charge in [-0.1, -0.05) is 36.4 Å². The van der Waals surface area contributed by atoms with Crippen LogP contribution < -0.4 is 14.2 Å². The zero-order valence-electron chi connectivity index (χ0n) is 16.4. The van der Waals surface area contributed by atoms with Crippen LogP contribution in [-0.4, -0.2) is 23.3 Å². The molecule has 2 aliphatic heterocycles. The lowest BCUT2D eigenvalue weighted by Crippen LogP contribution is -2.31. The summed E-state index contributed by atoms with van der Waals surface area (Å²) in [7, 11) is 0. The van der Waals surface area contributed by atoms with Crippen molar-refractivity contribution in [1.29, 1.82) is 0 Å². The van der Waals surface area contributed by atoms with Crippen molar-refractivity contribution < 1.29 is 28.7 Å². The third-order valence-corrected chi connectivity index (χ3v) is 5.87. The van der Waals surface area contributed by atoms with E-state index in [1.165, 1.54) is 12.1 Å². The average Bonchev–Trinajstić information content (AvgIpc) is 3.27. The van der Waals surface area contributed by atoms with Gasteiger partial charge in [-0.3, -0.25) is 19.7 Å². The standard InChI is InChI=1S/C24H13NO7/c26-22-14-3-1-2-4-15(14)23(27)24-21(22)20(12-5-7-13(8-6-12)25(28)29)16-9-18-19(31-11-30-18)10-17(16)32-24/h1-10,20H,11H2. The fourth-order valence-corrected chi connectivity index (χ4v) is 4.39. The summed E-state index contributed by atoms with van der Waals surface area (Å²) in [5.74, 6) is -0.0648. The third kappa shape index (κ3) is 2.49. The molecule has 32 heavy (non-hydrogen) atoms. The maximum Gasteiger partial charge on any atom is 0.269 e. The molecule has 3 aliphatic rings. The number of fused-ring (bicyclic) bond motifs is 3. The lowest BCUT2D eigenvalue weighted by molar-refractivity contribution is -0.384. The van der Waals surface area contributed by atoms with E-state index in [4.69, 9.17) is 14.2 Å². The highest BCUT2D eigenvalue weighted by atomic mass is 16.7. The first-order valence-electron chi connectivity index (χ1n) is 9.81. The highest BCUT2D eigenvalue weighted by molar-refractivity contribution is 6.27. The fourth-order valence-electron chi connectivity index (χ4n) is 4.39. The summed E-state index contributed by atoms with van der Waals surface area (Å²) in [6.07, 6.45) is 0. The van der Waals surface area contributed by atoms with E-state index < -0.39 is 10.8 Å². The Labute approximate surface area is 180 Å². The molecule has 0 spiro atoms. The Morgan fingerprint density at radius 1 is 0.844 bits per heavy atom. The molecule has 0 bridgehead atoms. The van der Waals surface area contributed by atoms with E-state index in [9.17, 15) is 19.7 Å². The molecular formula is C24H13NO7. The largest absolute Gasteiger partial charge is 0.454 e. The number of carbonyl (C=O) groups is 2. The summed E-state index contributed by atoms with van der Waals surface area (Å²) >= 11 is 0. The van der Waals surface area contributed by atoms with Gasteiger partial charge < -0.3 is 14.2 Å². The Hall–Kier alpha value is -4.46. The van der Waals surface area contributed by atoms with Crippen molar-refractivity contribution in [2.24, 2.45) is 0 Å². The smallest absolute Gasteiger partial charge is 0.269 e. The van der Waals surface area contributed by atoms with Crippen molar-refractivity contribution >= 4 is 17.3 Å². The first-order chi connectivity index (χ1) is 15.5. The molecule has 3 aromatic rings. The Balaban J connectivity index is 1.60. The number of carbonyl (C=O) groups excluding carboxylic acids is 2. The van der Waals surface area contributed by atoms with Crippen molar-refractivity contribution in [2.45, 2.75) is 5.92 Å². The van der Waals surface area contributed by atoms with Crippen molar-refractivity contribution in [3.63, 3.8) is 0 Å². The van der Waals surface area contributed by atoms with Gasteiger partial charge in [-0.2, -0.15) is 0 Å². The number of hydrogen-bond acceptors (Lipinski definition) is 7. The summed E-state index contributed by atoms with van der Waals surface area (Å²) in [5, 5.41) is 11.1. The van der Waals surface area contributed by atoms with Gasteiger partial charge in [0.1, 0.15) is 5.75 Å². The molecular weight excluding hydrogens is 414 g/mol. The Morgan fingerprint density at radius 2 is 1.50 bits per heavy atom. The number of nitro groups is 1. The Kier molecular flexibility index (Phi) is 3.73. The summed E-state index contributed by atoms with van der Waals surface area (Å²) in [5.41, 5.74) is 1.94. The molecule has 1 atom stereocenters. The summed E-state index contributed by atoms with van der Waals surface area (Å²) < 4.78 is 16.9. The molecule has 0 N–H and O–H groups in total. The molecule has 6 rings (SSSR count). The number of non-ortho nitro benzene ring substituents is 1. The van der Waals surface area contributed by atoms with E-state index in [2.05, 4.69) is 0 Å². The summed E-state index contributed by atoms with van der Waals surface area (Å²) in [6.45, 7) is 0.0525. The van der Waals surface area contributed by atoms with Crippen LogP contribution in [0.2, 0.25) is 0 Å². The normalized spacial score (nSPS) is 17.9. The monoisotopic (exact) mass is 427 g/mol. The number of hydrogen-bond donors (Lipinski definition) is 0. The lowest BCUT2D eigenvalue weighted by Gasteiger charge is -2.32. The molecule has 1 aliphatic carbocycles. The number of ether oxygens (including phenoxy) is 3. The van der Waals surface area contributed by atoms with E-state index in [1.54, 1.807) is 48.5 Å². The van der Waals surface area contributed by atoms with Crippen LogP contribution in [0, 0.1) is 10.1 Å². The summed E-state index contributed by atoms with van der Waals surface area (Å²) in [6, 6.07) is 15.9. The van der Waals surface area contributed by atoms with Crippen LogP contribution >= 0.6 is 0 Å². The predicted molar refractivity (Wildman–Crippen MR) is 110 cm³/mol. The quantitative estimate of drug-likeness (QED) is 0.446. The van der Waals surface area contributed by atoms with Gasteiger partial charge in [0.25, 0.3) is 5.69 Å². The molecule has 1 unspecified atom stereocenters. The van der Waals surface area contributed by atoms with Crippen molar-refractivity contribution in [1.82, 2.24) is 0 Å². The van der Waals surface area contributed by atoms with Gasteiger partial charge in [-0.05, 0) is 11.6 Å². The second kappa shape index (κ2) is 6.52. The molecule has 3 aromatic carbocycles. The minimum absolute atomic E-state index is 0.0385. The second-order valence-corrected chi connectivity index (χ2v) is 7.57. The van der Waals surface area contributed by atoms with Crippen LogP contribution in [0.25, 0.3) is 0 Å². The lowest BCUT2D eigenvalue weighted by atomic mass is 9.75. The van der Waals surface area contributed by atoms with Gasteiger partial charge in [0, 0.05) is 40.8 Å². The van der Waals surface area contributed by atoms with Gasteiger partial charge in [-0.25, -0.2) is 0 Å². The number of nitro benzene ring substituents is 1. The van der Waals surface area contributed by atoms with Gasteiger partial charge in [0.2, 0.25) is 12.6 Å². The highest BCUT2D eigenvalue weighted by Crippen LogP contribution is 2.51. The van der Waals surface area contributed by atoms with Crippen LogP contribution in [0.5, 0.6) is 17.2 Å². The van der Waals surface area contributed by atoms with Crippen molar-refractivity contribution in [2.75, 3.05) is 6.79 Å². The minimum atomic E-state index is -0.672. The molecule has 0 radical (unpaired) electrons. The van der Waals surface area contributed by atoms with Crippen LogP contribution in [0.4, 0.5) is 5.69 Å². The maximum absolute atomic E-state index is 13.5. The fraction of sp³-hybridized carbons (Fsp3) is 0.0833. The van der Waals surface area contributed by atoms with Crippen molar-refractivity contribution in [3.8, 4) is 17.2 Å². The molecule has 0 amide bonds. The number of nitrogens with zero attached hydrogens (tertiary/aromatic N) is 1. The number of ketones is 2. The van der Waals surface area contributed by atoms with E-state index in [1.807, 2.05) is 0 Å². The molecule has 0 saturated heterocycles. The zero-order valence-corrected chi connectivity index (χ0v) is 16.4. The first kappa shape index (κ1) is 18.3. The highest BCUT2D eigenvalue weighted by Gasteiger charge is 2.43. The number of rotatable bonds is 2. The Bertz CT molecular complexity index is 1390. The van der Waals surface area contributed by atoms with Crippen LogP contribution in [0.1, 0.15) is 37.8 Å². The van der Waals surface area contributed by atoms with Gasteiger partial charge in [0.05, 0.1) is 10.5 Å². The van der Waals surface area contributed by atoms with Gasteiger partial charge in [0.15, 0.2) is 23.0 Å². The number of allylic oxidation sites excluding steroid dienone is 2. The van der Waals surface area contributed by atoms with Crippen LogP contribution in [-0.2, 0) is 0 Å². The molecule has 156 valence electrons. The predicted octanol–water partition coefficient (Wildman–Crippen LogP) is 4.18. The summed E-state index contributed by atoms with van der Waals surface area (Å²) in [4.78, 5) is 37.5. The molecule has 0 aromatic heterocycles. The first-order valence-corrected chi connectivity index (χ1v) is 9.81. The van der Waals surface area contributed by atoms with E-state index in [0.717, 1.165) is 0 Å². The van der Waals surface area contributed by atoms with Gasteiger partial charge >= 0.3 is 0 Å². The maximum atomic E-state index is 13.5. The number of Topliss-reactive ketones (excluding diaryl/α,β-unsaturated/α-hetero) is 2. The molecule has 0 fully saturated rings. The van der Waals surface area contributed by atoms with Crippen molar-refractivity contribution in [3.05, 3.63) is 104 Å². The third-order valence-electron chi connectivity index (χ3n) is 5.87. The van der Waals surface area contributed by atoms with Gasteiger partial charge in [-0.15, -0.1) is 0 Å².